The second kappa shape index (κ2) is 8.21. The molecule has 28 heavy (non-hydrogen) atoms. The van der Waals surface area contributed by atoms with Crippen molar-refractivity contribution in [2.24, 2.45) is 0 Å². The van der Waals surface area contributed by atoms with Crippen molar-refractivity contribution < 1.29 is 14.3 Å². The van der Waals surface area contributed by atoms with Crippen LogP contribution in [0.1, 0.15) is 43.1 Å². The minimum absolute atomic E-state index is 0.297. The van der Waals surface area contributed by atoms with E-state index in [9.17, 15) is 9.59 Å². The van der Waals surface area contributed by atoms with E-state index >= 15 is 0 Å². The Hall–Kier alpha value is -3.22. The maximum atomic E-state index is 12.2. The average molecular weight is 380 g/mol. The fourth-order valence-electron chi connectivity index (χ4n) is 2.67. The molecular weight excluding hydrogens is 356 g/mol. The SMILES string of the molecule is CCC(C)(C)NC(=O)COC(=O)c1ccc(Cn2nnc3ccccc32)cc1. The summed E-state index contributed by atoms with van der Waals surface area (Å²) in [6, 6.07) is 14.8. The molecule has 0 aliphatic heterocycles. The summed E-state index contributed by atoms with van der Waals surface area (Å²) in [5.74, 6) is -0.836. The van der Waals surface area contributed by atoms with Crippen molar-refractivity contribution in [2.75, 3.05) is 6.61 Å². The lowest BCUT2D eigenvalue weighted by atomic mass is 10.0. The molecule has 0 spiro atoms. The highest BCUT2D eigenvalue weighted by Gasteiger charge is 2.19. The molecule has 3 aromatic rings. The number of esters is 1. The number of hydrogen-bond acceptors (Lipinski definition) is 5. The maximum Gasteiger partial charge on any atom is 0.338 e. The summed E-state index contributed by atoms with van der Waals surface area (Å²) < 4.78 is 6.91. The van der Waals surface area contributed by atoms with E-state index in [1.165, 1.54) is 0 Å². The topological polar surface area (TPSA) is 86.1 Å². The lowest BCUT2D eigenvalue weighted by Crippen LogP contribution is -2.44. The molecule has 3 rings (SSSR count). The highest BCUT2D eigenvalue weighted by Crippen LogP contribution is 2.13. The molecule has 2 aromatic carbocycles. The number of fused-ring (bicyclic) bond motifs is 1. The van der Waals surface area contributed by atoms with Crippen LogP contribution >= 0.6 is 0 Å². The summed E-state index contributed by atoms with van der Waals surface area (Å²) >= 11 is 0. The van der Waals surface area contributed by atoms with E-state index in [0.717, 1.165) is 23.0 Å². The van der Waals surface area contributed by atoms with Gasteiger partial charge in [-0.3, -0.25) is 4.79 Å². The van der Waals surface area contributed by atoms with Crippen molar-refractivity contribution in [3.63, 3.8) is 0 Å². The van der Waals surface area contributed by atoms with Gasteiger partial charge in [0.25, 0.3) is 5.91 Å². The number of amides is 1. The normalized spacial score (nSPS) is 11.4. The third kappa shape index (κ3) is 4.73. The maximum absolute atomic E-state index is 12.2. The first-order valence-electron chi connectivity index (χ1n) is 9.23. The van der Waals surface area contributed by atoms with Crippen molar-refractivity contribution in [2.45, 2.75) is 39.3 Å². The highest BCUT2D eigenvalue weighted by atomic mass is 16.5. The van der Waals surface area contributed by atoms with Gasteiger partial charge in [-0.1, -0.05) is 36.4 Å². The highest BCUT2D eigenvalue weighted by molar-refractivity contribution is 5.91. The van der Waals surface area contributed by atoms with Crippen LogP contribution in [-0.2, 0) is 16.1 Å². The zero-order valence-corrected chi connectivity index (χ0v) is 16.3. The fraction of sp³-hybridized carbons (Fsp3) is 0.333. The van der Waals surface area contributed by atoms with Gasteiger partial charge in [-0.05, 0) is 50.1 Å². The standard InChI is InChI=1S/C21H24N4O3/c1-4-21(2,3)22-19(26)14-28-20(27)16-11-9-15(10-12-16)13-25-18-8-6-5-7-17(18)23-24-25/h5-12H,4,13-14H2,1-3H3,(H,22,26). The molecule has 0 fully saturated rings. The van der Waals surface area contributed by atoms with Gasteiger partial charge >= 0.3 is 5.97 Å². The van der Waals surface area contributed by atoms with Crippen LogP contribution in [0.5, 0.6) is 0 Å². The molecule has 0 aliphatic rings. The number of hydrogen-bond donors (Lipinski definition) is 1. The van der Waals surface area contributed by atoms with Gasteiger partial charge in [-0.25, -0.2) is 9.48 Å². The summed E-state index contributed by atoms with van der Waals surface area (Å²) in [5.41, 5.74) is 2.85. The van der Waals surface area contributed by atoms with Crippen LogP contribution in [0.2, 0.25) is 0 Å². The van der Waals surface area contributed by atoms with Crippen molar-refractivity contribution in [3.8, 4) is 0 Å². The number of aromatic nitrogens is 3. The number of benzene rings is 2. The Kier molecular flexibility index (Phi) is 5.73. The Bertz CT molecular complexity index is 977. The number of para-hydroxylation sites is 1. The molecule has 0 aliphatic carbocycles. The van der Waals surface area contributed by atoms with Gasteiger partial charge in [-0.15, -0.1) is 5.10 Å². The van der Waals surface area contributed by atoms with E-state index in [1.807, 2.05) is 61.9 Å². The van der Waals surface area contributed by atoms with Gasteiger partial charge in [0.15, 0.2) is 6.61 Å². The number of carbonyl (C=O) groups excluding carboxylic acids is 2. The molecule has 7 nitrogen and oxygen atoms in total. The summed E-state index contributed by atoms with van der Waals surface area (Å²) in [6.45, 7) is 6.07. The van der Waals surface area contributed by atoms with Crippen LogP contribution < -0.4 is 5.32 Å². The molecule has 0 radical (unpaired) electrons. The average Bonchev–Trinajstić information content (AvgIpc) is 3.09. The van der Waals surface area contributed by atoms with E-state index in [-0.39, 0.29) is 18.1 Å². The molecule has 1 amide bonds. The smallest absolute Gasteiger partial charge is 0.338 e. The van der Waals surface area contributed by atoms with Crippen molar-refractivity contribution in [1.29, 1.82) is 0 Å². The molecular formula is C21H24N4O3. The summed E-state index contributed by atoms with van der Waals surface area (Å²) in [5, 5.41) is 11.1. The van der Waals surface area contributed by atoms with Gasteiger partial charge in [-0.2, -0.15) is 0 Å². The molecule has 146 valence electrons. The van der Waals surface area contributed by atoms with Crippen molar-refractivity contribution >= 4 is 22.9 Å². The minimum Gasteiger partial charge on any atom is -0.452 e. The molecule has 0 bridgehead atoms. The van der Waals surface area contributed by atoms with Gasteiger partial charge in [0.1, 0.15) is 5.52 Å². The lowest BCUT2D eigenvalue weighted by molar-refractivity contribution is -0.125. The number of ether oxygens (including phenoxy) is 1. The quantitative estimate of drug-likeness (QED) is 0.637. The first-order valence-corrected chi connectivity index (χ1v) is 9.23. The third-order valence-electron chi connectivity index (χ3n) is 4.64. The zero-order valence-electron chi connectivity index (χ0n) is 16.3. The fourth-order valence-corrected chi connectivity index (χ4v) is 2.67. The van der Waals surface area contributed by atoms with Crippen LogP contribution in [0.15, 0.2) is 48.5 Å². The Morgan fingerprint density at radius 2 is 1.82 bits per heavy atom. The van der Waals surface area contributed by atoms with Crippen molar-refractivity contribution in [1.82, 2.24) is 20.3 Å². The number of nitrogens with zero attached hydrogens (tertiary/aromatic N) is 3. The van der Waals surface area contributed by atoms with Gasteiger partial charge in [0.05, 0.1) is 17.6 Å². The number of rotatable bonds is 7. The second-order valence-corrected chi connectivity index (χ2v) is 7.29. The number of carbonyl (C=O) groups is 2. The van der Waals surface area contributed by atoms with Crippen LogP contribution in [-0.4, -0.2) is 39.0 Å². The second-order valence-electron chi connectivity index (χ2n) is 7.29. The van der Waals surface area contributed by atoms with Crippen molar-refractivity contribution in [3.05, 3.63) is 59.7 Å². The Morgan fingerprint density at radius 3 is 2.54 bits per heavy atom. The van der Waals surface area contributed by atoms with Gasteiger partial charge in [0.2, 0.25) is 0 Å². The van der Waals surface area contributed by atoms with E-state index in [1.54, 1.807) is 12.1 Å². The summed E-state index contributed by atoms with van der Waals surface area (Å²) in [7, 11) is 0. The Labute approximate surface area is 163 Å². The molecule has 1 N–H and O–H groups in total. The van der Waals surface area contributed by atoms with E-state index in [4.69, 9.17) is 4.74 Å². The Balaban J connectivity index is 1.58. The summed E-state index contributed by atoms with van der Waals surface area (Å²) in [6.07, 6.45) is 0.787. The number of nitrogens with one attached hydrogen (secondary N) is 1. The third-order valence-corrected chi connectivity index (χ3v) is 4.64. The molecule has 1 heterocycles. The molecule has 1 aromatic heterocycles. The molecule has 0 atom stereocenters. The largest absolute Gasteiger partial charge is 0.452 e. The van der Waals surface area contributed by atoms with Crippen LogP contribution in [0.4, 0.5) is 0 Å². The zero-order chi connectivity index (χ0) is 20.1. The first-order chi connectivity index (χ1) is 13.4. The Morgan fingerprint density at radius 1 is 1.11 bits per heavy atom. The lowest BCUT2D eigenvalue weighted by Gasteiger charge is -2.24. The molecule has 7 heteroatoms. The van der Waals surface area contributed by atoms with E-state index < -0.39 is 5.97 Å². The van der Waals surface area contributed by atoms with Crippen LogP contribution in [0.3, 0.4) is 0 Å². The monoisotopic (exact) mass is 380 g/mol. The summed E-state index contributed by atoms with van der Waals surface area (Å²) in [4.78, 5) is 24.0. The van der Waals surface area contributed by atoms with Crippen LogP contribution in [0.25, 0.3) is 11.0 Å². The minimum atomic E-state index is -0.526. The van der Waals surface area contributed by atoms with Gasteiger partial charge < -0.3 is 10.1 Å². The molecule has 0 unspecified atom stereocenters. The van der Waals surface area contributed by atoms with Gasteiger partial charge in [0, 0.05) is 5.54 Å². The van der Waals surface area contributed by atoms with E-state index in [0.29, 0.717) is 12.1 Å². The molecule has 0 saturated carbocycles. The van der Waals surface area contributed by atoms with E-state index in [2.05, 4.69) is 15.6 Å². The predicted octanol–water partition coefficient (Wildman–Crippen LogP) is 2.94. The first kappa shape index (κ1) is 19.5. The van der Waals surface area contributed by atoms with Crippen LogP contribution in [0, 0.1) is 0 Å². The predicted molar refractivity (Wildman–Crippen MR) is 106 cm³/mol. The molecule has 0 saturated heterocycles.